The molecule has 0 amide bonds. The zero-order chi connectivity index (χ0) is 13.9. The summed E-state index contributed by atoms with van der Waals surface area (Å²) in [6, 6.07) is 17.2. The number of rotatable bonds is 2. The third kappa shape index (κ3) is 2.44. The lowest BCUT2D eigenvalue weighted by atomic mass is 9.86. The quantitative estimate of drug-likeness (QED) is 0.823. The monoisotopic (exact) mass is 267 g/mol. The molecular formula is C18H21NO. The van der Waals surface area contributed by atoms with Gasteiger partial charge in [-0.1, -0.05) is 42.5 Å². The van der Waals surface area contributed by atoms with E-state index < -0.39 is 0 Å². The molecule has 1 atom stereocenters. The van der Waals surface area contributed by atoms with Crippen LogP contribution in [0.15, 0.2) is 48.5 Å². The van der Waals surface area contributed by atoms with E-state index in [1.54, 1.807) is 7.11 Å². The van der Waals surface area contributed by atoms with Crippen LogP contribution in [0.4, 0.5) is 0 Å². The van der Waals surface area contributed by atoms with Crippen molar-refractivity contribution in [2.45, 2.75) is 18.9 Å². The van der Waals surface area contributed by atoms with Crippen molar-refractivity contribution in [2.75, 3.05) is 20.7 Å². The Balaban J connectivity index is 2.13. The summed E-state index contributed by atoms with van der Waals surface area (Å²) in [5.41, 5.74) is 4.14. The zero-order valence-electron chi connectivity index (χ0n) is 12.2. The number of hydrogen-bond donors (Lipinski definition) is 0. The minimum absolute atomic E-state index is 0.423. The van der Waals surface area contributed by atoms with Gasteiger partial charge in [0.25, 0.3) is 0 Å². The van der Waals surface area contributed by atoms with Crippen molar-refractivity contribution in [1.29, 1.82) is 0 Å². The van der Waals surface area contributed by atoms with E-state index in [4.69, 9.17) is 4.74 Å². The first kappa shape index (κ1) is 13.2. The number of hydrogen-bond acceptors (Lipinski definition) is 2. The third-order valence-corrected chi connectivity index (χ3v) is 4.17. The van der Waals surface area contributed by atoms with Gasteiger partial charge in [0.05, 0.1) is 7.11 Å². The van der Waals surface area contributed by atoms with Gasteiger partial charge in [-0.25, -0.2) is 0 Å². The Hall–Kier alpha value is -1.80. The number of nitrogens with zero attached hydrogens (tertiary/aromatic N) is 1. The molecule has 0 aliphatic carbocycles. The molecule has 0 radical (unpaired) electrons. The molecule has 1 heterocycles. The Bertz CT molecular complexity index is 579. The molecular weight excluding hydrogens is 246 g/mol. The van der Waals surface area contributed by atoms with Crippen LogP contribution < -0.4 is 4.74 Å². The molecule has 0 bridgehead atoms. The van der Waals surface area contributed by atoms with Crippen LogP contribution in [0.1, 0.15) is 29.0 Å². The van der Waals surface area contributed by atoms with E-state index in [-0.39, 0.29) is 0 Å². The lowest BCUT2D eigenvalue weighted by molar-refractivity contribution is 0.328. The molecule has 1 aliphatic heterocycles. The molecule has 0 fully saturated rings. The number of benzene rings is 2. The van der Waals surface area contributed by atoms with Gasteiger partial charge in [0, 0.05) is 18.0 Å². The van der Waals surface area contributed by atoms with Gasteiger partial charge < -0.3 is 9.64 Å². The van der Waals surface area contributed by atoms with E-state index in [1.165, 1.54) is 16.7 Å². The largest absolute Gasteiger partial charge is 0.496 e. The predicted octanol–water partition coefficient (Wildman–Crippen LogP) is 3.66. The maximum Gasteiger partial charge on any atom is 0.122 e. The molecule has 0 saturated heterocycles. The van der Waals surface area contributed by atoms with Crippen LogP contribution >= 0.6 is 0 Å². The van der Waals surface area contributed by atoms with Crippen molar-refractivity contribution in [3.05, 3.63) is 65.2 Å². The Morgan fingerprint density at radius 1 is 1.05 bits per heavy atom. The van der Waals surface area contributed by atoms with Gasteiger partial charge in [0.15, 0.2) is 0 Å². The molecule has 104 valence electrons. The van der Waals surface area contributed by atoms with Crippen molar-refractivity contribution in [3.63, 3.8) is 0 Å². The van der Waals surface area contributed by atoms with Gasteiger partial charge in [-0.2, -0.15) is 0 Å². The lowest BCUT2D eigenvalue weighted by Crippen LogP contribution is -2.17. The second-order valence-electron chi connectivity index (χ2n) is 5.52. The number of ether oxygens (including phenoxy) is 1. The van der Waals surface area contributed by atoms with Crippen molar-refractivity contribution in [3.8, 4) is 5.75 Å². The summed E-state index contributed by atoms with van der Waals surface area (Å²) in [7, 11) is 3.96. The average molecular weight is 267 g/mol. The summed E-state index contributed by atoms with van der Waals surface area (Å²) in [5.74, 6) is 1.44. The molecule has 0 saturated carbocycles. The van der Waals surface area contributed by atoms with Crippen molar-refractivity contribution >= 4 is 0 Å². The first-order chi connectivity index (χ1) is 9.79. The summed E-state index contributed by atoms with van der Waals surface area (Å²) in [5, 5.41) is 0. The molecule has 2 heteroatoms. The highest BCUT2D eigenvalue weighted by molar-refractivity contribution is 5.48. The minimum Gasteiger partial charge on any atom is -0.496 e. The van der Waals surface area contributed by atoms with E-state index in [1.807, 2.05) is 0 Å². The summed E-state index contributed by atoms with van der Waals surface area (Å²) in [4.78, 5) is 2.39. The fraction of sp³-hybridized carbons (Fsp3) is 0.333. The molecule has 3 rings (SSSR count). The Kier molecular flexibility index (Phi) is 3.75. The topological polar surface area (TPSA) is 12.5 Å². The molecule has 0 aromatic heterocycles. The first-order valence-corrected chi connectivity index (χ1v) is 7.19. The van der Waals surface area contributed by atoms with Crippen LogP contribution in [0.25, 0.3) is 0 Å². The summed E-state index contributed by atoms with van der Waals surface area (Å²) < 4.78 is 5.64. The molecule has 2 aromatic carbocycles. The predicted molar refractivity (Wildman–Crippen MR) is 82.2 cm³/mol. The average Bonchev–Trinajstić information content (AvgIpc) is 2.66. The second kappa shape index (κ2) is 5.68. The van der Waals surface area contributed by atoms with Crippen LogP contribution in [-0.4, -0.2) is 25.6 Å². The van der Waals surface area contributed by atoms with Crippen LogP contribution in [-0.2, 0) is 6.54 Å². The number of fused-ring (bicyclic) bond motifs is 1. The van der Waals surface area contributed by atoms with E-state index >= 15 is 0 Å². The van der Waals surface area contributed by atoms with E-state index in [0.717, 1.165) is 25.3 Å². The van der Waals surface area contributed by atoms with E-state index in [0.29, 0.717) is 5.92 Å². The lowest BCUT2D eigenvalue weighted by Gasteiger charge is -2.20. The molecule has 2 nitrogen and oxygen atoms in total. The summed E-state index contributed by atoms with van der Waals surface area (Å²) in [6.07, 6.45) is 1.13. The summed E-state index contributed by atoms with van der Waals surface area (Å²) >= 11 is 0. The molecule has 0 unspecified atom stereocenters. The summed E-state index contributed by atoms with van der Waals surface area (Å²) in [6.45, 7) is 2.10. The van der Waals surface area contributed by atoms with E-state index in [9.17, 15) is 0 Å². The van der Waals surface area contributed by atoms with Crippen molar-refractivity contribution in [1.82, 2.24) is 4.90 Å². The Labute approximate surface area is 121 Å². The molecule has 0 spiro atoms. The molecule has 0 N–H and O–H groups in total. The van der Waals surface area contributed by atoms with Crippen LogP contribution in [0.3, 0.4) is 0 Å². The highest BCUT2D eigenvalue weighted by Crippen LogP contribution is 2.39. The van der Waals surface area contributed by atoms with Gasteiger partial charge >= 0.3 is 0 Å². The standard InChI is InChI=1S/C18H21NO/c1-19-12-11-16(14-7-4-3-5-8-14)18-15(13-19)9-6-10-17(18)20-2/h3-10,16H,11-13H2,1-2H3/t16-/m1/s1. The van der Waals surface area contributed by atoms with Crippen LogP contribution in [0.2, 0.25) is 0 Å². The number of methoxy groups -OCH3 is 1. The van der Waals surface area contributed by atoms with Gasteiger partial charge in [-0.15, -0.1) is 0 Å². The molecule has 20 heavy (non-hydrogen) atoms. The maximum absolute atomic E-state index is 5.64. The van der Waals surface area contributed by atoms with Gasteiger partial charge in [-0.3, -0.25) is 0 Å². The molecule has 2 aromatic rings. The fourth-order valence-electron chi connectivity index (χ4n) is 3.18. The van der Waals surface area contributed by atoms with Crippen molar-refractivity contribution < 1.29 is 4.74 Å². The first-order valence-electron chi connectivity index (χ1n) is 7.19. The minimum atomic E-state index is 0.423. The van der Waals surface area contributed by atoms with Crippen molar-refractivity contribution in [2.24, 2.45) is 0 Å². The second-order valence-corrected chi connectivity index (χ2v) is 5.52. The van der Waals surface area contributed by atoms with Crippen LogP contribution in [0, 0.1) is 0 Å². The fourth-order valence-corrected chi connectivity index (χ4v) is 3.18. The third-order valence-electron chi connectivity index (χ3n) is 4.17. The Morgan fingerprint density at radius 3 is 2.60 bits per heavy atom. The smallest absolute Gasteiger partial charge is 0.122 e. The highest BCUT2D eigenvalue weighted by atomic mass is 16.5. The Morgan fingerprint density at radius 2 is 1.85 bits per heavy atom. The molecule has 1 aliphatic rings. The highest BCUT2D eigenvalue weighted by Gasteiger charge is 2.25. The van der Waals surface area contributed by atoms with E-state index in [2.05, 4.69) is 60.5 Å². The van der Waals surface area contributed by atoms with Gasteiger partial charge in [0.1, 0.15) is 5.75 Å². The zero-order valence-corrected chi connectivity index (χ0v) is 12.2. The van der Waals surface area contributed by atoms with Crippen LogP contribution in [0.5, 0.6) is 5.75 Å². The van der Waals surface area contributed by atoms with Gasteiger partial charge in [0.2, 0.25) is 0 Å². The maximum atomic E-state index is 5.64. The van der Waals surface area contributed by atoms with Gasteiger partial charge in [-0.05, 0) is 37.2 Å². The SMILES string of the molecule is COc1cccc2c1[C@@H](c1ccccc1)CCN(C)C2. The normalized spacial score (nSPS) is 19.2.